The third kappa shape index (κ3) is 3.52. The quantitative estimate of drug-likeness (QED) is 0.835. The van der Waals surface area contributed by atoms with Crippen LogP contribution >= 0.6 is 11.6 Å². The molecule has 0 fully saturated rings. The van der Waals surface area contributed by atoms with Crippen LogP contribution in [-0.4, -0.2) is 26.7 Å². The predicted octanol–water partition coefficient (Wildman–Crippen LogP) is 4.02. The number of amides is 1. The minimum Gasteiger partial charge on any atom is -0.495 e. The molecule has 0 aliphatic carbocycles. The Morgan fingerprint density at radius 1 is 1.23 bits per heavy atom. The molecule has 1 amide bonds. The van der Waals surface area contributed by atoms with Gasteiger partial charge < -0.3 is 14.4 Å². The fourth-order valence-corrected chi connectivity index (χ4v) is 2.31. The standard InChI is InChI=1S/C17H18ClNO3/c1-4-22-14-7-5-6-12(10-14)17(20)19(2)13-8-9-16(21-3)15(18)11-13/h5-11H,4H2,1-3H3. The van der Waals surface area contributed by atoms with Gasteiger partial charge in [-0.1, -0.05) is 17.7 Å². The van der Waals surface area contributed by atoms with Gasteiger partial charge in [0, 0.05) is 18.3 Å². The summed E-state index contributed by atoms with van der Waals surface area (Å²) in [6.45, 7) is 2.46. The number of nitrogens with zero attached hydrogens (tertiary/aromatic N) is 1. The van der Waals surface area contributed by atoms with E-state index in [1.165, 1.54) is 4.90 Å². The van der Waals surface area contributed by atoms with Crippen molar-refractivity contribution in [3.05, 3.63) is 53.1 Å². The molecule has 0 saturated carbocycles. The highest BCUT2D eigenvalue weighted by Gasteiger charge is 2.15. The first kappa shape index (κ1) is 16.2. The van der Waals surface area contributed by atoms with Gasteiger partial charge in [-0.2, -0.15) is 0 Å². The average Bonchev–Trinajstić information content (AvgIpc) is 2.54. The molecule has 4 nitrogen and oxygen atoms in total. The number of carbonyl (C=O) groups excluding carboxylic acids is 1. The summed E-state index contributed by atoms with van der Waals surface area (Å²) in [5.74, 6) is 1.11. The molecule has 5 heteroatoms. The van der Waals surface area contributed by atoms with Gasteiger partial charge in [0.05, 0.1) is 18.7 Å². The maximum Gasteiger partial charge on any atom is 0.258 e. The second-order valence-electron chi connectivity index (χ2n) is 4.64. The summed E-state index contributed by atoms with van der Waals surface area (Å²) in [5.41, 5.74) is 1.25. The molecule has 0 aliphatic rings. The number of anilines is 1. The van der Waals surface area contributed by atoms with E-state index in [-0.39, 0.29) is 5.91 Å². The molecule has 0 aliphatic heterocycles. The fraction of sp³-hybridized carbons (Fsp3) is 0.235. The van der Waals surface area contributed by atoms with Crippen LogP contribution in [0.1, 0.15) is 17.3 Å². The minimum atomic E-state index is -0.136. The summed E-state index contributed by atoms with van der Waals surface area (Å²) < 4.78 is 10.5. The van der Waals surface area contributed by atoms with Crippen LogP contribution in [-0.2, 0) is 0 Å². The Bertz CT molecular complexity index is 673. The Hall–Kier alpha value is -2.20. The van der Waals surface area contributed by atoms with Crippen molar-refractivity contribution in [3.63, 3.8) is 0 Å². The van der Waals surface area contributed by atoms with Crippen molar-refractivity contribution in [2.24, 2.45) is 0 Å². The first-order valence-electron chi connectivity index (χ1n) is 6.91. The Morgan fingerprint density at radius 2 is 2.00 bits per heavy atom. The molecule has 22 heavy (non-hydrogen) atoms. The van der Waals surface area contributed by atoms with Crippen molar-refractivity contribution in [2.75, 3.05) is 25.7 Å². The largest absolute Gasteiger partial charge is 0.495 e. The first-order chi connectivity index (χ1) is 10.6. The lowest BCUT2D eigenvalue weighted by molar-refractivity contribution is 0.0992. The van der Waals surface area contributed by atoms with Crippen molar-refractivity contribution in [3.8, 4) is 11.5 Å². The molecule has 2 rings (SSSR count). The summed E-state index contributed by atoms with van der Waals surface area (Å²) in [5, 5.41) is 0.461. The maximum atomic E-state index is 12.6. The molecule has 2 aromatic rings. The third-order valence-corrected chi connectivity index (χ3v) is 3.51. The van der Waals surface area contributed by atoms with Gasteiger partial charge in [0.2, 0.25) is 0 Å². The van der Waals surface area contributed by atoms with Gasteiger partial charge in [0.1, 0.15) is 11.5 Å². The molecular weight excluding hydrogens is 302 g/mol. The van der Waals surface area contributed by atoms with E-state index in [9.17, 15) is 4.79 Å². The van der Waals surface area contributed by atoms with Crippen LogP contribution in [0.2, 0.25) is 5.02 Å². The van der Waals surface area contributed by atoms with Gasteiger partial charge in [-0.25, -0.2) is 0 Å². The smallest absolute Gasteiger partial charge is 0.258 e. The molecule has 0 spiro atoms. The molecule has 2 aromatic carbocycles. The Balaban J connectivity index is 2.25. The molecule has 0 heterocycles. The van der Waals surface area contributed by atoms with Crippen molar-refractivity contribution in [1.82, 2.24) is 0 Å². The van der Waals surface area contributed by atoms with Gasteiger partial charge in [-0.3, -0.25) is 4.79 Å². The van der Waals surface area contributed by atoms with Gasteiger partial charge in [0.25, 0.3) is 5.91 Å². The minimum absolute atomic E-state index is 0.136. The number of ether oxygens (including phenoxy) is 2. The van der Waals surface area contributed by atoms with E-state index < -0.39 is 0 Å². The van der Waals surface area contributed by atoms with Crippen LogP contribution in [0.25, 0.3) is 0 Å². The predicted molar refractivity (Wildman–Crippen MR) is 88.3 cm³/mol. The molecule has 116 valence electrons. The summed E-state index contributed by atoms with van der Waals surface area (Å²) in [4.78, 5) is 14.1. The summed E-state index contributed by atoms with van der Waals surface area (Å²) >= 11 is 6.11. The Morgan fingerprint density at radius 3 is 2.64 bits per heavy atom. The molecule has 0 unspecified atom stereocenters. The average molecular weight is 320 g/mol. The summed E-state index contributed by atoms with van der Waals surface area (Å²) in [6, 6.07) is 12.3. The number of hydrogen-bond donors (Lipinski definition) is 0. The molecule has 0 radical (unpaired) electrons. The molecular formula is C17H18ClNO3. The highest BCUT2D eigenvalue weighted by Crippen LogP contribution is 2.29. The normalized spacial score (nSPS) is 10.2. The fourth-order valence-electron chi connectivity index (χ4n) is 2.06. The Kier molecular flexibility index (Phi) is 5.28. The van der Waals surface area contributed by atoms with E-state index in [0.29, 0.717) is 34.4 Å². The van der Waals surface area contributed by atoms with E-state index in [1.807, 2.05) is 13.0 Å². The van der Waals surface area contributed by atoms with E-state index in [1.54, 1.807) is 50.6 Å². The zero-order valence-corrected chi connectivity index (χ0v) is 13.6. The van der Waals surface area contributed by atoms with Crippen LogP contribution in [0.3, 0.4) is 0 Å². The van der Waals surface area contributed by atoms with Gasteiger partial charge in [-0.05, 0) is 43.3 Å². The maximum absolute atomic E-state index is 12.6. The third-order valence-electron chi connectivity index (χ3n) is 3.22. The number of methoxy groups -OCH3 is 1. The Labute approximate surface area is 135 Å². The molecule has 0 saturated heterocycles. The number of hydrogen-bond acceptors (Lipinski definition) is 3. The first-order valence-corrected chi connectivity index (χ1v) is 7.29. The molecule has 0 atom stereocenters. The zero-order chi connectivity index (χ0) is 16.1. The van der Waals surface area contributed by atoms with Crippen LogP contribution in [0.15, 0.2) is 42.5 Å². The van der Waals surface area contributed by atoms with Gasteiger partial charge in [0.15, 0.2) is 0 Å². The van der Waals surface area contributed by atoms with E-state index >= 15 is 0 Å². The highest BCUT2D eigenvalue weighted by molar-refractivity contribution is 6.32. The lowest BCUT2D eigenvalue weighted by atomic mass is 10.1. The highest BCUT2D eigenvalue weighted by atomic mass is 35.5. The molecule has 0 aromatic heterocycles. The van der Waals surface area contributed by atoms with Crippen molar-refractivity contribution in [1.29, 1.82) is 0 Å². The number of benzene rings is 2. The monoisotopic (exact) mass is 319 g/mol. The van der Waals surface area contributed by atoms with Crippen molar-refractivity contribution >= 4 is 23.2 Å². The van der Waals surface area contributed by atoms with E-state index in [0.717, 1.165) is 0 Å². The zero-order valence-electron chi connectivity index (χ0n) is 12.8. The van der Waals surface area contributed by atoms with Crippen molar-refractivity contribution in [2.45, 2.75) is 6.92 Å². The van der Waals surface area contributed by atoms with Crippen LogP contribution in [0.5, 0.6) is 11.5 Å². The van der Waals surface area contributed by atoms with Crippen LogP contribution < -0.4 is 14.4 Å². The summed E-state index contributed by atoms with van der Waals surface area (Å²) in [7, 11) is 3.25. The lowest BCUT2D eigenvalue weighted by Gasteiger charge is -2.18. The van der Waals surface area contributed by atoms with Crippen LogP contribution in [0.4, 0.5) is 5.69 Å². The second kappa shape index (κ2) is 7.18. The van der Waals surface area contributed by atoms with Gasteiger partial charge >= 0.3 is 0 Å². The number of rotatable bonds is 5. The van der Waals surface area contributed by atoms with Crippen molar-refractivity contribution < 1.29 is 14.3 Å². The number of carbonyl (C=O) groups is 1. The molecule has 0 N–H and O–H groups in total. The van der Waals surface area contributed by atoms with E-state index in [2.05, 4.69) is 0 Å². The summed E-state index contributed by atoms with van der Waals surface area (Å²) in [6.07, 6.45) is 0. The SMILES string of the molecule is CCOc1cccc(C(=O)N(C)c2ccc(OC)c(Cl)c2)c1. The number of halogens is 1. The lowest BCUT2D eigenvalue weighted by Crippen LogP contribution is -2.26. The van der Waals surface area contributed by atoms with Gasteiger partial charge in [-0.15, -0.1) is 0 Å². The van der Waals surface area contributed by atoms with E-state index in [4.69, 9.17) is 21.1 Å². The topological polar surface area (TPSA) is 38.8 Å². The van der Waals surface area contributed by atoms with Crippen LogP contribution in [0, 0.1) is 0 Å². The molecule has 0 bridgehead atoms. The second-order valence-corrected chi connectivity index (χ2v) is 5.05.